The average Bonchev–Trinajstić information content (AvgIpc) is 3.56. The number of imidazole rings is 1. The minimum absolute atomic E-state index is 0.0187. The molecule has 3 aromatic carbocycles. The molecule has 8 nitrogen and oxygen atoms in total. The van der Waals surface area contributed by atoms with Gasteiger partial charge in [0.15, 0.2) is 5.82 Å². The maximum absolute atomic E-state index is 14.8. The highest BCUT2D eigenvalue weighted by Gasteiger charge is 2.52. The highest BCUT2D eigenvalue weighted by atomic mass is 32.2. The smallest absolute Gasteiger partial charge is 0.256 e. The summed E-state index contributed by atoms with van der Waals surface area (Å²) in [6.45, 7) is 12.9. The number of aromatic amines is 1. The van der Waals surface area contributed by atoms with Crippen LogP contribution in [0.2, 0.25) is 25.7 Å². The van der Waals surface area contributed by atoms with E-state index in [1.54, 1.807) is 54.1 Å². The number of nitriles is 1. The summed E-state index contributed by atoms with van der Waals surface area (Å²) in [6, 6.07) is 18.1. The Kier molecular flexibility index (Phi) is 7.66. The monoisotopic (exact) mass is 600 g/mol. The van der Waals surface area contributed by atoms with Crippen molar-refractivity contribution in [2.45, 2.75) is 63.0 Å². The zero-order valence-electron chi connectivity index (χ0n) is 24.8. The van der Waals surface area contributed by atoms with Gasteiger partial charge in [0.2, 0.25) is 9.84 Å². The molecule has 0 aliphatic carbocycles. The second-order valence-electron chi connectivity index (χ2n) is 12.1. The Morgan fingerprint density at radius 2 is 1.76 bits per heavy atom. The van der Waals surface area contributed by atoms with Crippen molar-refractivity contribution in [1.82, 2.24) is 14.5 Å². The quantitative estimate of drug-likeness (QED) is 0.151. The third kappa shape index (κ3) is 5.07. The number of nitrogens with one attached hydrogen (secondary N) is 1. The van der Waals surface area contributed by atoms with Gasteiger partial charge in [0.1, 0.15) is 6.73 Å². The second-order valence-corrected chi connectivity index (χ2v) is 19.8. The lowest BCUT2D eigenvalue weighted by molar-refractivity contribution is 0.0761. The van der Waals surface area contributed by atoms with E-state index in [1.165, 1.54) is 12.1 Å². The summed E-state index contributed by atoms with van der Waals surface area (Å²) in [7, 11) is -5.92. The van der Waals surface area contributed by atoms with Crippen molar-refractivity contribution in [3.8, 4) is 6.07 Å². The van der Waals surface area contributed by atoms with E-state index < -0.39 is 22.8 Å². The molecule has 0 radical (unpaired) electrons. The van der Waals surface area contributed by atoms with Gasteiger partial charge in [-0.25, -0.2) is 13.4 Å². The van der Waals surface area contributed by atoms with Crippen LogP contribution in [0.1, 0.15) is 33.6 Å². The summed E-state index contributed by atoms with van der Waals surface area (Å²) in [4.78, 5) is 5.33. The van der Waals surface area contributed by atoms with Crippen molar-refractivity contribution in [3.63, 3.8) is 0 Å². The molecule has 2 heterocycles. The Hall–Kier alpha value is -3.75. The van der Waals surface area contributed by atoms with Gasteiger partial charge in [-0.3, -0.25) is 0 Å². The summed E-state index contributed by atoms with van der Waals surface area (Å²) >= 11 is 0. The minimum atomic E-state index is -4.52. The molecular formula is C32H36N4O4SSi. The Bertz CT molecular complexity index is 1950. The molecular weight excluding hydrogens is 565 g/mol. The third-order valence-electron chi connectivity index (χ3n) is 7.69. The fourth-order valence-electron chi connectivity index (χ4n) is 5.41. The number of aromatic nitrogens is 3. The van der Waals surface area contributed by atoms with E-state index in [2.05, 4.69) is 30.7 Å². The Labute approximate surface area is 247 Å². The van der Waals surface area contributed by atoms with Crippen LogP contribution in [0.4, 0.5) is 0 Å². The number of H-pyrrole nitrogens is 1. The number of hydrogen-bond donors (Lipinski definition) is 2. The van der Waals surface area contributed by atoms with Gasteiger partial charge in [-0.15, -0.1) is 0 Å². The highest BCUT2D eigenvalue weighted by molar-refractivity contribution is 7.92. The molecule has 42 heavy (non-hydrogen) atoms. The Balaban J connectivity index is 1.85. The molecule has 2 N–H and O–H groups in total. The van der Waals surface area contributed by atoms with Gasteiger partial charge >= 0.3 is 0 Å². The minimum Gasteiger partial charge on any atom is -0.365 e. The van der Waals surface area contributed by atoms with Crippen LogP contribution in [-0.4, -0.2) is 42.7 Å². The fraction of sp³-hybridized carbons (Fsp3) is 0.312. The number of ether oxygens (including phenoxy) is 1. The number of benzene rings is 3. The van der Waals surface area contributed by atoms with Crippen LogP contribution in [0.3, 0.4) is 0 Å². The Morgan fingerprint density at radius 3 is 2.43 bits per heavy atom. The zero-order chi connectivity index (χ0) is 30.4. The zero-order valence-corrected chi connectivity index (χ0v) is 26.6. The van der Waals surface area contributed by atoms with Gasteiger partial charge in [0.25, 0.3) is 4.93 Å². The van der Waals surface area contributed by atoms with Crippen molar-refractivity contribution in [2.75, 3.05) is 6.61 Å². The number of hydrogen-bond acceptors (Lipinski definition) is 6. The molecule has 1 atom stereocenters. The molecule has 0 aliphatic rings. The van der Waals surface area contributed by atoms with Crippen molar-refractivity contribution in [1.29, 1.82) is 5.26 Å². The normalized spacial score (nSPS) is 13.9. The van der Waals surface area contributed by atoms with Gasteiger partial charge in [0.05, 0.1) is 27.6 Å². The van der Waals surface area contributed by atoms with E-state index in [1.807, 2.05) is 19.9 Å². The number of aliphatic hydroxyl groups is 1. The van der Waals surface area contributed by atoms with Crippen molar-refractivity contribution >= 4 is 39.8 Å². The lowest BCUT2D eigenvalue weighted by Crippen LogP contribution is -2.41. The first-order valence-electron chi connectivity index (χ1n) is 13.9. The number of rotatable bonds is 9. The predicted molar refractivity (Wildman–Crippen MR) is 168 cm³/mol. The molecule has 0 spiro atoms. The number of aryl methyl sites for hydroxylation is 3. The van der Waals surface area contributed by atoms with Crippen LogP contribution in [0.5, 0.6) is 0 Å². The molecule has 5 rings (SSSR count). The summed E-state index contributed by atoms with van der Waals surface area (Å²) in [5, 5.41) is 23.1. The largest absolute Gasteiger partial charge is 0.365 e. The van der Waals surface area contributed by atoms with E-state index in [9.17, 15) is 18.8 Å². The van der Waals surface area contributed by atoms with Crippen molar-refractivity contribution < 1.29 is 18.3 Å². The maximum Gasteiger partial charge on any atom is 0.256 e. The van der Waals surface area contributed by atoms with Crippen LogP contribution in [0.25, 0.3) is 21.9 Å². The van der Waals surface area contributed by atoms with Gasteiger partial charge in [-0.1, -0.05) is 43.4 Å². The third-order valence-corrected chi connectivity index (χ3v) is 11.5. The van der Waals surface area contributed by atoms with Gasteiger partial charge < -0.3 is 19.4 Å². The maximum atomic E-state index is 14.8. The topological polar surface area (TPSA) is 121 Å². The van der Waals surface area contributed by atoms with E-state index in [0.29, 0.717) is 34.2 Å². The molecule has 0 amide bonds. The SMILES string of the molecule is Cc1ccc(S(=O)(=O)C(O)(c2c(C)cc(C)c3[nH]ccc23)c2nc3cc(C#N)ccc3n2COCC[Si](C)(C)C)cc1. The first kappa shape index (κ1) is 29.7. The van der Waals surface area contributed by atoms with E-state index in [0.717, 1.165) is 22.7 Å². The number of fused-ring (bicyclic) bond motifs is 2. The van der Waals surface area contributed by atoms with Gasteiger partial charge in [-0.05, 0) is 74.3 Å². The standard InChI is InChI=1S/C32H36N4O4SSi/c1-21-7-10-25(11-8-21)41(38,39)32(37,29-22(2)17-23(3)30-26(29)13-14-34-30)31-35-27-18-24(19-33)9-12-28(27)36(31)20-40-15-16-42(4,5)6/h7-14,17-18,34,37H,15-16,20H2,1-6H3. The molecule has 10 heteroatoms. The van der Waals surface area contributed by atoms with E-state index in [4.69, 9.17) is 9.72 Å². The number of nitrogens with zero attached hydrogens (tertiary/aromatic N) is 3. The molecule has 0 saturated heterocycles. The van der Waals surface area contributed by atoms with Crippen molar-refractivity contribution in [3.05, 3.63) is 94.4 Å². The summed E-state index contributed by atoms with van der Waals surface area (Å²) < 4.78 is 37.3. The molecule has 1 unspecified atom stereocenters. The van der Waals surface area contributed by atoms with Crippen LogP contribution < -0.4 is 0 Å². The fourth-order valence-corrected chi connectivity index (χ4v) is 7.94. The Morgan fingerprint density at radius 1 is 1.05 bits per heavy atom. The molecule has 0 aliphatic heterocycles. The second kappa shape index (κ2) is 10.8. The summed E-state index contributed by atoms with van der Waals surface area (Å²) in [5.41, 5.74) is 4.71. The summed E-state index contributed by atoms with van der Waals surface area (Å²) in [6.07, 6.45) is 1.74. The predicted octanol–water partition coefficient (Wildman–Crippen LogP) is 6.29. The molecule has 2 aromatic heterocycles. The van der Waals surface area contributed by atoms with Crippen LogP contribution in [0.15, 0.2) is 65.7 Å². The van der Waals surface area contributed by atoms with Crippen LogP contribution in [0, 0.1) is 32.1 Å². The van der Waals surface area contributed by atoms with Crippen LogP contribution >= 0.6 is 0 Å². The lowest BCUT2D eigenvalue weighted by Gasteiger charge is -2.31. The molecule has 0 bridgehead atoms. The first-order valence-corrected chi connectivity index (χ1v) is 19.1. The number of sulfone groups is 1. The van der Waals surface area contributed by atoms with E-state index >= 15 is 0 Å². The van der Waals surface area contributed by atoms with Gasteiger partial charge in [-0.2, -0.15) is 5.26 Å². The lowest BCUT2D eigenvalue weighted by atomic mass is 9.95. The molecule has 0 fully saturated rings. The molecule has 5 aromatic rings. The van der Waals surface area contributed by atoms with Crippen molar-refractivity contribution in [2.24, 2.45) is 0 Å². The average molecular weight is 601 g/mol. The van der Waals surface area contributed by atoms with Gasteiger partial charge in [0, 0.05) is 37.3 Å². The van der Waals surface area contributed by atoms with E-state index in [-0.39, 0.29) is 23.0 Å². The highest BCUT2D eigenvalue weighted by Crippen LogP contribution is 2.45. The molecule has 0 saturated carbocycles. The van der Waals surface area contributed by atoms with Crippen LogP contribution in [-0.2, 0) is 26.2 Å². The summed E-state index contributed by atoms with van der Waals surface area (Å²) in [5.74, 6) is -0.0874. The molecule has 218 valence electrons. The first-order chi connectivity index (χ1) is 19.8.